The van der Waals surface area contributed by atoms with Gasteiger partial charge < -0.3 is 74.7 Å². The van der Waals surface area contributed by atoms with Crippen LogP contribution in [0, 0.1) is 0 Å². The first kappa shape index (κ1) is 33.3. The molecule has 4 rings (SSSR count). The molecule has 2 fully saturated rings. The van der Waals surface area contributed by atoms with Gasteiger partial charge in [0.1, 0.15) is 42.7 Å². The van der Waals surface area contributed by atoms with Crippen LogP contribution in [0.25, 0.3) is 6.08 Å². The molecule has 0 aromatic heterocycles. The van der Waals surface area contributed by atoms with Gasteiger partial charge in [0, 0.05) is 6.08 Å². The number of esters is 1. The van der Waals surface area contributed by atoms with E-state index in [2.05, 4.69) is 0 Å². The first-order chi connectivity index (χ1) is 20.8. The molecule has 2 aromatic rings. The molecule has 44 heavy (non-hydrogen) atoms. The number of aromatic hydroxyl groups is 4. The number of carbonyl (C=O) groups excluding carboxylic acids is 1. The van der Waals surface area contributed by atoms with Crippen LogP contribution in [0.2, 0.25) is 0 Å². The zero-order valence-corrected chi connectivity index (χ0v) is 22.9. The standard InChI is InChI=1S/C28H34O16/c29-14-4-1-12(7-16(14)31)2-6-21(35)44-26-20(11-42-27-24(38)22(36)19(34)10-40-27)43-28(25(39)23(26)37)41-9-18(33)13-3-5-15(30)17(32)8-13/h1-8,18-20,22-34,36-39H,9-11H2/b6-2+/t18-,19-,20-,22+,23-,24-,25-,26-,27-,28-/m1/s1. The third-order valence-electron chi connectivity index (χ3n) is 6.99. The van der Waals surface area contributed by atoms with Crippen molar-refractivity contribution >= 4 is 12.0 Å². The summed E-state index contributed by atoms with van der Waals surface area (Å²) in [5.41, 5.74) is 0.464. The molecule has 242 valence electrons. The van der Waals surface area contributed by atoms with Gasteiger partial charge in [-0.15, -0.1) is 0 Å². The van der Waals surface area contributed by atoms with Gasteiger partial charge in [0.15, 0.2) is 41.7 Å². The lowest BCUT2D eigenvalue weighted by Crippen LogP contribution is -2.61. The van der Waals surface area contributed by atoms with Gasteiger partial charge in [-0.3, -0.25) is 0 Å². The Bertz CT molecular complexity index is 1300. The van der Waals surface area contributed by atoms with Crippen molar-refractivity contribution in [3.05, 3.63) is 53.6 Å². The molecule has 0 unspecified atom stereocenters. The maximum absolute atomic E-state index is 12.6. The molecule has 0 amide bonds. The van der Waals surface area contributed by atoms with Gasteiger partial charge in [0.05, 0.1) is 19.8 Å². The van der Waals surface area contributed by atoms with E-state index in [1.807, 2.05) is 0 Å². The Hall–Kier alpha value is -3.55. The number of carbonyl (C=O) groups is 1. The van der Waals surface area contributed by atoms with Gasteiger partial charge in [-0.2, -0.15) is 0 Å². The highest BCUT2D eigenvalue weighted by atomic mass is 16.7. The van der Waals surface area contributed by atoms with Crippen molar-refractivity contribution < 1.29 is 79.5 Å². The van der Waals surface area contributed by atoms with Crippen molar-refractivity contribution in [3.63, 3.8) is 0 Å². The second-order valence-corrected chi connectivity index (χ2v) is 10.2. The summed E-state index contributed by atoms with van der Waals surface area (Å²) in [6.45, 7) is -1.45. The molecule has 0 radical (unpaired) electrons. The van der Waals surface area contributed by atoms with E-state index in [0.29, 0.717) is 5.56 Å². The van der Waals surface area contributed by atoms with Crippen LogP contribution >= 0.6 is 0 Å². The topological polar surface area (TPSA) is 266 Å². The Balaban J connectivity index is 1.46. The highest BCUT2D eigenvalue weighted by Crippen LogP contribution is 2.30. The van der Waals surface area contributed by atoms with Gasteiger partial charge in [0.2, 0.25) is 0 Å². The Morgan fingerprint density at radius 3 is 2.18 bits per heavy atom. The smallest absolute Gasteiger partial charge is 0.331 e. The molecule has 0 saturated carbocycles. The molecule has 16 nitrogen and oxygen atoms in total. The van der Waals surface area contributed by atoms with E-state index in [0.717, 1.165) is 18.2 Å². The quantitative estimate of drug-likeness (QED) is 0.0783. The zero-order valence-electron chi connectivity index (χ0n) is 22.9. The first-order valence-corrected chi connectivity index (χ1v) is 13.4. The molecular formula is C28H34O16. The summed E-state index contributed by atoms with van der Waals surface area (Å²) >= 11 is 0. The number of hydrogen-bond acceptors (Lipinski definition) is 16. The third kappa shape index (κ3) is 7.93. The fourth-order valence-electron chi connectivity index (χ4n) is 4.45. The van der Waals surface area contributed by atoms with E-state index in [1.54, 1.807) is 0 Å². The van der Waals surface area contributed by atoms with Crippen molar-refractivity contribution in [3.8, 4) is 23.0 Å². The predicted octanol–water partition coefficient (Wildman–Crippen LogP) is -1.91. The maximum atomic E-state index is 12.6. The average molecular weight is 627 g/mol. The number of benzene rings is 2. The summed E-state index contributed by atoms with van der Waals surface area (Å²) in [5.74, 6) is -2.72. The highest BCUT2D eigenvalue weighted by Gasteiger charge is 2.48. The van der Waals surface area contributed by atoms with Gasteiger partial charge in [-0.1, -0.05) is 12.1 Å². The normalized spacial score (nSPS) is 31.5. The molecule has 2 heterocycles. The van der Waals surface area contributed by atoms with Gasteiger partial charge >= 0.3 is 5.97 Å². The van der Waals surface area contributed by atoms with Crippen molar-refractivity contribution in [2.45, 2.75) is 61.4 Å². The molecule has 2 saturated heterocycles. The summed E-state index contributed by atoms with van der Waals surface area (Å²) in [7, 11) is 0. The van der Waals surface area contributed by atoms with Crippen molar-refractivity contribution in [1.29, 1.82) is 0 Å². The molecule has 0 aliphatic carbocycles. The lowest BCUT2D eigenvalue weighted by molar-refractivity contribution is -0.323. The molecule has 0 spiro atoms. The molecular weight excluding hydrogens is 592 g/mol. The fraction of sp³-hybridized carbons (Fsp3) is 0.464. The lowest BCUT2D eigenvalue weighted by Gasteiger charge is -2.42. The van der Waals surface area contributed by atoms with Crippen LogP contribution in [0.1, 0.15) is 17.2 Å². The van der Waals surface area contributed by atoms with E-state index in [-0.39, 0.29) is 17.9 Å². The third-order valence-corrected chi connectivity index (χ3v) is 6.99. The summed E-state index contributed by atoms with van der Waals surface area (Å²) in [6, 6.07) is 7.32. The van der Waals surface area contributed by atoms with Crippen molar-refractivity contribution in [1.82, 2.24) is 0 Å². The summed E-state index contributed by atoms with van der Waals surface area (Å²) in [5, 5.41) is 100. The van der Waals surface area contributed by atoms with Gasteiger partial charge in [-0.25, -0.2) is 4.79 Å². The Morgan fingerprint density at radius 2 is 1.50 bits per heavy atom. The maximum Gasteiger partial charge on any atom is 0.331 e. The average Bonchev–Trinajstić information content (AvgIpc) is 2.99. The van der Waals surface area contributed by atoms with E-state index in [1.165, 1.54) is 30.3 Å². The minimum Gasteiger partial charge on any atom is -0.504 e. The highest BCUT2D eigenvalue weighted by molar-refractivity contribution is 5.87. The second-order valence-electron chi connectivity index (χ2n) is 10.2. The van der Waals surface area contributed by atoms with Crippen molar-refractivity contribution in [2.24, 2.45) is 0 Å². The summed E-state index contributed by atoms with van der Waals surface area (Å²) < 4.78 is 27.2. The second kappa shape index (κ2) is 14.5. The van der Waals surface area contributed by atoms with Crippen molar-refractivity contribution in [2.75, 3.05) is 19.8 Å². The molecule has 2 aliphatic heterocycles. The molecule has 16 heteroatoms. The Morgan fingerprint density at radius 1 is 0.841 bits per heavy atom. The Labute approximate surface area is 249 Å². The predicted molar refractivity (Wildman–Crippen MR) is 144 cm³/mol. The number of ether oxygens (including phenoxy) is 5. The Kier molecular flexibility index (Phi) is 11.0. The molecule has 0 bridgehead atoms. The minimum absolute atomic E-state index is 0.149. The van der Waals surface area contributed by atoms with Gasteiger partial charge in [0.25, 0.3) is 0 Å². The van der Waals surface area contributed by atoms with Gasteiger partial charge in [-0.05, 0) is 41.5 Å². The number of aliphatic hydroxyl groups is 6. The summed E-state index contributed by atoms with van der Waals surface area (Å²) in [4.78, 5) is 12.6. The van der Waals surface area contributed by atoms with Crippen LogP contribution in [-0.2, 0) is 28.5 Å². The molecule has 10 N–H and O–H groups in total. The van der Waals surface area contributed by atoms with Crippen LogP contribution in [0.4, 0.5) is 0 Å². The largest absolute Gasteiger partial charge is 0.504 e. The lowest BCUT2D eigenvalue weighted by atomic mass is 9.98. The fourth-order valence-corrected chi connectivity index (χ4v) is 4.45. The van der Waals surface area contributed by atoms with Crippen LogP contribution < -0.4 is 0 Å². The van der Waals surface area contributed by atoms with Crippen LogP contribution in [0.15, 0.2) is 42.5 Å². The van der Waals surface area contributed by atoms with E-state index in [4.69, 9.17) is 23.7 Å². The number of aliphatic hydroxyl groups excluding tert-OH is 6. The number of rotatable bonds is 10. The van der Waals surface area contributed by atoms with Crippen LogP contribution in [-0.4, -0.2) is 132 Å². The minimum atomic E-state index is -1.84. The molecule has 2 aromatic carbocycles. The SMILES string of the molecule is O=C(/C=C/c1ccc(O)c(O)c1)O[C@H]1[C@H](O)[C@@H](O)[C@H](OC[C@@H](O)c2ccc(O)c(O)c2)O[C@@H]1CO[C@H]1OC[C@@H](O)[C@H](O)[C@H]1O. The zero-order chi connectivity index (χ0) is 32.1. The van der Waals surface area contributed by atoms with E-state index in [9.17, 15) is 55.9 Å². The summed E-state index contributed by atoms with van der Waals surface area (Å²) in [6.07, 6.45) is -13.5. The molecule has 2 aliphatic rings. The monoisotopic (exact) mass is 626 g/mol. The first-order valence-electron chi connectivity index (χ1n) is 13.4. The van der Waals surface area contributed by atoms with Crippen LogP contribution in [0.5, 0.6) is 23.0 Å². The number of phenols is 4. The number of phenolic OH excluding ortho intramolecular Hbond substituents is 4. The van der Waals surface area contributed by atoms with E-state index < -0.39 is 97.8 Å². The van der Waals surface area contributed by atoms with Crippen LogP contribution in [0.3, 0.4) is 0 Å². The van der Waals surface area contributed by atoms with E-state index >= 15 is 0 Å². The molecule has 10 atom stereocenters. The number of hydrogen-bond donors (Lipinski definition) is 10.